The summed E-state index contributed by atoms with van der Waals surface area (Å²) in [6.45, 7) is 8.86. The summed E-state index contributed by atoms with van der Waals surface area (Å²) in [5, 5.41) is 0. The van der Waals surface area contributed by atoms with Crippen molar-refractivity contribution in [1.82, 2.24) is 0 Å². The zero-order valence-electron chi connectivity index (χ0n) is 14.7. The van der Waals surface area contributed by atoms with E-state index in [4.69, 9.17) is 9.47 Å². The van der Waals surface area contributed by atoms with Crippen LogP contribution in [0.3, 0.4) is 0 Å². The van der Waals surface area contributed by atoms with Crippen molar-refractivity contribution in [3.8, 4) is 0 Å². The van der Waals surface area contributed by atoms with E-state index in [1.165, 1.54) is 6.07 Å². The monoisotopic (exact) mass is 320 g/mol. The summed E-state index contributed by atoms with van der Waals surface area (Å²) >= 11 is 0. The molecule has 0 unspecified atom stereocenters. The van der Waals surface area contributed by atoms with Gasteiger partial charge in [0.2, 0.25) is 0 Å². The largest absolute Gasteiger partial charge is 0.462 e. The lowest BCUT2D eigenvalue weighted by molar-refractivity contribution is 0.0367. The number of benzene rings is 1. The first-order chi connectivity index (χ1) is 10.8. The van der Waals surface area contributed by atoms with E-state index < -0.39 is 11.9 Å². The fourth-order valence-electron chi connectivity index (χ4n) is 1.92. The minimum Gasteiger partial charge on any atom is -0.462 e. The third-order valence-electron chi connectivity index (χ3n) is 3.20. The summed E-state index contributed by atoms with van der Waals surface area (Å²) < 4.78 is 10.5. The van der Waals surface area contributed by atoms with Crippen molar-refractivity contribution in [2.75, 3.05) is 13.2 Å². The van der Waals surface area contributed by atoms with Crippen molar-refractivity contribution < 1.29 is 19.1 Å². The summed E-state index contributed by atoms with van der Waals surface area (Å²) in [4.78, 5) is 24.0. The molecular formula is C19H28O4. The quantitative estimate of drug-likeness (QED) is 0.518. The Labute approximate surface area is 139 Å². The van der Waals surface area contributed by atoms with Crippen molar-refractivity contribution in [3.05, 3.63) is 35.4 Å². The van der Waals surface area contributed by atoms with Crippen LogP contribution in [0, 0.1) is 5.41 Å². The Morgan fingerprint density at radius 1 is 0.957 bits per heavy atom. The van der Waals surface area contributed by atoms with Crippen LogP contribution in [0.15, 0.2) is 24.3 Å². The maximum Gasteiger partial charge on any atom is 0.338 e. The molecule has 0 saturated heterocycles. The fourth-order valence-corrected chi connectivity index (χ4v) is 1.92. The highest BCUT2D eigenvalue weighted by Crippen LogP contribution is 2.15. The lowest BCUT2D eigenvalue weighted by Gasteiger charge is -2.17. The second-order valence-corrected chi connectivity index (χ2v) is 6.91. The molecule has 0 amide bonds. The highest BCUT2D eigenvalue weighted by Gasteiger charge is 2.16. The molecule has 4 nitrogen and oxygen atoms in total. The standard InChI is InChI=1S/C19H28O4/c1-5-6-7-8-12-22-17(20)15-10-9-11-16(13-15)18(21)23-14-19(2,3)4/h9-11,13H,5-8,12,14H2,1-4H3. The van der Waals surface area contributed by atoms with Gasteiger partial charge in [-0.05, 0) is 30.0 Å². The van der Waals surface area contributed by atoms with Crippen molar-refractivity contribution in [2.24, 2.45) is 5.41 Å². The number of carbonyl (C=O) groups excluding carboxylic acids is 2. The number of ether oxygens (including phenoxy) is 2. The first-order valence-corrected chi connectivity index (χ1v) is 8.28. The summed E-state index contributed by atoms with van der Waals surface area (Å²) in [5.74, 6) is -0.815. The summed E-state index contributed by atoms with van der Waals surface area (Å²) in [6, 6.07) is 6.48. The van der Waals surface area contributed by atoms with Gasteiger partial charge in [0.1, 0.15) is 0 Å². The van der Waals surface area contributed by atoms with Gasteiger partial charge in [-0.3, -0.25) is 0 Å². The van der Waals surface area contributed by atoms with Gasteiger partial charge in [0.25, 0.3) is 0 Å². The van der Waals surface area contributed by atoms with Gasteiger partial charge in [0.05, 0.1) is 24.3 Å². The van der Waals surface area contributed by atoms with E-state index in [-0.39, 0.29) is 5.41 Å². The Morgan fingerprint density at radius 3 is 2.13 bits per heavy atom. The highest BCUT2D eigenvalue weighted by atomic mass is 16.5. The number of hydrogen-bond acceptors (Lipinski definition) is 4. The number of rotatable bonds is 8. The van der Waals surface area contributed by atoms with Gasteiger partial charge >= 0.3 is 11.9 Å². The van der Waals surface area contributed by atoms with Gasteiger partial charge in [0, 0.05) is 0 Å². The molecule has 0 saturated carbocycles. The third kappa shape index (κ3) is 7.82. The molecule has 0 atom stereocenters. The molecule has 1 aromatic rings. The first-order valence-electron chi connectivity index (χ1n) is 8.28. The minimum absolute atomic E-state index is 0.0926. The smallest absolute Gasteiger partial charge is 0.338 e. The zero-order chi connectivity index (χ0) is 17.3. The Kier molecular flexibility index (Phi) is 7.79. The van der Waals surface area contributed by atoms with Crippen molar-refractivity contribution in [2.45, 2.75) is 53.4 Å². The summed E-state index contributed by atoms with van der Waals surface area (Å²) in [7, 11) is 0. The molecule has 1 aromatic carbocycles. The normalized spacial score (nSPS) is 11.1. The summed E-state index contributed by atoms with van der Waals surface area (Å²) in [5.41, 5.74) is 0.658. The third-order valence-corrected chi connectivity index (χ3v) is 3.20. The van der Waals surface area contributed by atoms with E-state index in [1.54, 1.807) is 18.2 Å². The van der Waals surface area contributed by atoms with Crippen molar-refractivity contribution in [1.29, 1.82) is 0 Å². The predicted molar refractivity (Wildman–Crippen MR) is 90.6 cm³/mol. The Bertz CT molecular complexity index is 514. The van der Waals surface area contributed by atoms with Crippen LogP contribution in [-0.4, -0.2) is 25.2 Å². The molecule has 23 heavy (non-hydrogen) atoms. The Hall–Kier alpha value is -1.84. The van der Waals surface area contributed by atoms with Gasteiger partial charge in [0.15, 0.2) is 0 Å². The second-order valence-electron chi connectivity index (χ2n) is 6.91. The lowest BCUT2D eigenvalue weighted by Crippen LogP contribution is -2.18. The van der Waals surface area contributed by atoms with Crippen LogP contribution >= 0.6 is 0 Å². The predicted octanol–water partition coefficient (Wildman–Crippen LogP) is 4.63. The maximum atomic E-state index is 12.0. The lowest BCUT2D eigenvalue weighted by atomic mass is 9.99. The second kappa shape index (κ2) is 9.33. The Balaban J connectivity index is 2.55. The van der Waals surface area contributed by atoms with Crippen LogP contribution < -0.4 is 0 Å². The molecule has 0 spiro atoms. The van der Waals surface area contributed by atoms with E-state index in [1.807, 2.05) is 20.8 Å². The number of esters is 2. The van der Waals surface area contributed by atoms with Crippen LogP contribution in [0.1, 0.15) is 74.1 Å². The van der Waals surface area contributed by atoms with Gasteiger partial charge < -0.3 is 9.47 Å². The van der Waals surface area contributed by atoms with E-state index in [9.17, 15) is 9.59 Å². The Morgan fingerprint density at radius 2 is 1.57 bits per heavy atom. The van der Waals surface area contributed by atoms with Crippen LogP contribution in [0.2, 0.25) is 0 Å². The SMILES string of the molecule is CCCCCCOC(=O)c1cccc(C(=O)OCC(C)(C)C)c1. The fraction of sp³-hybridized carbons (Fsp3) is 0.579. The van der Waals surface area contributed by atoms with Crippen molar-refractivity contribution in [3.63, 3.8) is 0 Å². The highest BCUT2D eigenvalue weighted by molar-refractivity contribution is 5.95. The molecule has 0 bridgehead atoms. The molecule has 0 aliphatic carbocycles. The van der Waals surface area contributed by atoms with E-state index in [0.717, 1.165) is 25.7 Å². The molecule has 0 N–H and O–H groups in total. The van der Waals surface area contributed by atoms with Crippen LogP contribution in [0.5, 0.6) is 0 Å². The molecular weight excluding hydrogens is 292 g/mol. The molecule has 0 aromatic heterocycles. The van der Waals surface area contributed by atoms with E-state index in [2.05, 4.69) is 6.92 Å². The zero-order valence-corrected chi connectivity index (χ0v) is 14.7. The number of carbonyl (C=O) groups is 2. The van der Waals surface area contributed by atoms with Crippen LogP contribution in [0.4, 0.5) is 0 Å². The molecule has 1 rings (SSSR count). The molecule has 4 heteroatoms. The van der Waals surface area contributed by atoms with Crippen LogP contribution in [-0.2, 0) is 9.47 Å². The van der Waals surface area contributed by atoms with Gasteiger partial charge in [-0.25, -0.2) is 9.59 Å². The van der Waals surface area contributed by atoms with Gasteiger partial charge in [-0.15, -0.1) is 0 Å². The average Bonchev–Trinajstić information content (AvgIpc) is 2.51. The molecule has 0 heterocycles. The molecule has 0 radical (unpaired) electrons. The maximum absolute atomic E-state index is 12.0. The van der Waals surface area contributed by atoms with Gasteiger partial charge in [-0.2, -0.15) is 0 Å². The average molecular weight is 320 g/mol. The molecule has 128 valence electrons. The van der Waals surface area contributed by atoms with Gasteiger partial charge in [-0.1, -0.05) is 53.0 Å². The van der Waals surface area contributed by atoms with Crippen molar-refractivity contribution >= 4 is 11.9 Å². The molecule has 0 aliphatic rings. The number of unbranched alkanes of at least 4 members (excludes halogenated alkanes) is 3. The van der Waals surface area contributed by atoms with E-state index in [0.29, 0.717) is 24.3 Å². The number of hydrogen-bond donors (Lipinski definition) is 0. The summed E-state index contributed by atoms with van der Waals surface area (Å²) in [6.07, 6.45) is 4.22. The minimum atomic E-state index is -0.419. The van der Waals surface area contributed by atoms with Crippen LogP contribution in [0.25, 0.3) is 0 Å². The molecule has 0 fully saturated rings. The first kappa shape index (κ1) is 19.2. The topological polar surface area (TPSA) is 52.6 Å². The molecule has 0 aliphatic heterocycles. The van der Waals surface area contributed by atoms with E-state index >= 15 is 0 Å².